The average Bonchev–Trinajstić information content (AvgIpc) is 3.14. The molecule has 0 unspecified atom stereocenters. The van der Waals surface area contributed by atoms with Crippen LogP contribution in [0.5, 0.6) is 0 Å². The largest absolute Gasteiger partial charge is 0.339 e. The first-order valence-corrected chi connectivity index (χ1v) is 11.2. The molecule has 1 atom stereocenters. The molecule has 1 aliphatic heterocycles. The highest BCUT2D eigenvalue weighted by Gasteiger charge is 2.24. The molecule has 1 amide bonds. The van der Waals surface area contributed by atoms with E-state index in [9.17, 15) is 18.4 Å². The number of likely N-dealkylation sites (tertiary alicyclic amines) is 1. The van der Waals surface area contributed by atoms with Crippen LogP contribution in [0.2, 0.25) is 0 Å². The highest BCUT2D eigenvalue weighted by atomic mass is 32.2. The van der Waals surface area contributed by atoms with Crippen molar-refractivity contribution in [3.63, 3.8) is 0 Å². The van der Waals surface area contributed by atoms with E-state index in [1.165, 1.54) is 15.9 Å². The number of halogens is 2. The van der Waals surface area contributed by atoms with Gasteiger partial charge in [-0.15, -0.1) is 11.3 Å². The van der Waals surface area contributed by atoms with Crippen LogP contribution in [0.3, 0.4) is 0 Å². The average molecular weight is 436 g/mol. The number of fused-ring (bicyclic) bond motifs is 1. The third-order valence-corrected chi connectivity index (χ3v) is 6.82. The molecule has 0 bridgehead atoms. The van der Waals surface area contributed by atoms with Gasteiger partial charge in [0.1, 0.15) is 16.3 Å². The third kappa shape index (κ3) is 4.06. The van der Waals surface area contributed by atoms with E-state index in [0.29, 0.717) is 10.2 Å². The SMILES string of the molecule is C[C@@H]1CCCCN1C(=O)CSc1nc2ccsc2c(=O)n1-c1cc(F)cc(F)c1. The van der Waals surface area contributed by atoms with Crippen LogP contribution in [0, 0.1) is 11.6 Å². The number of thiophene rings is 1. The lowest BCUT2D eigenvalue weighted by molar-refractivity contribution is -0.131. The molecule has 3 heterocycles. The summed E-state index contributed by atoms with van der Waals surface area (Å²) < 4.78 is 29.2. The monoisotopic (exact) mass is 435 g/mol. The van der Waals surface area contributed by atoms with E-state index in [2.05, 4.69) is 4.98 Å². The van der Waals surface area contributed by atoms with E-state index in [1.807, 2.05) is 11.8 Å². The number of amides is 1. The van der Waals surface area contributed by atoms with Gasteiger partial charge in [-0.3, -0.25) is 14.2 Å². The molecule has 5 nitrogen and oxygen atoms in total. The van der Waals surface area contributed by atoms with Gasteiger partial charge in [0.05, 0.1) is 17.0 Å². The summed E-state index contributed by atoms with van der Waals surface area (Å²) in [5.74, 6) is -1.50. The molecule has 1 aliphatic rings. The smallest absolute Gasteiger partial charge is 0.276 e. The Hall–Kier alpha value is -2.26. The van der Waals surface area contributed by atoms with E-state index in [-0.39, 0.29) is 28.5 Å². The fourth-order valence-electron chi connectivity index (χ4n) is 3.56. The summed E-state index contributed by atoms with van der Waals surface area (Å²) in [5, 5.41) is 1.98. The number of hydrogen-bond acceptors (Lipinski definition) is 5. The van der Waals surface area contributed by atoms with Gasteiger partial charge in [0.2, 0.25) is 5.91 Å². The second-order valence-corrected chi connectivity index (χ2v) is 8.88. The van der Waals surface area contributed by atoms with Crippen molar-refractivity contribution < 1.29 is 13.6 Å². The first kappa shape index (κ1) is 20.0. The van der Waals surface area contributed by atoms with Gasteiger partial charge < -0.3 is 4.90 Å². The minimum Gasteiger partial charge on any atom is -0.339 e. The van der Waals surface area contributed by atoms with Crippen molar-refractivity contribution in [2.75, 3.05) is 12.3 Å². The van der Waals surface area contributed by atoms with Crippen molar-refractivity contribution in [3.8, 4) is 5.69 Å². The molecule has 4 rings (SSSR count). The zero-order chi connectivity index (χ0) is 20.5. The maximum Gasteiger partial charge on any atom is 0.276 e. The molecule has 1 aromatic carbocycles. The zero-order valence-corrected chi connectivity index (χ0v) is 17.4. The quantitative estimate of drug-likeness (QED) is 0.455. The molecule has 0 aliphatic carbocycles. The molecule has 2 aromatic heterocycles. The molecule has 1 fully saturated rings. The first-order valence-electron chi connectivity index (χ1n) is 9.33. The molecule has 1 saturated heterocycles. The summed E-state index contributed by atoms with van der Waals surface area (Å²) in [6.07, 6.45) is 3.06. The second kappa shape index (κ2) is 8.23. The fraction of sp³-hybridized carbons (Fsp3) is 0.350. The Balaban J connectivity index is 1.71. The number of carbonyl (C=O) groups excluding carboxylic acids is 1. The zero-order valence-electron chi connectivity index (χ0n) is 15.7. The fourth-order valence-corrected chi connectivity index (χ4v) is 5.22. The summed E-state index contributed by atoms with van der Waals surface area (Å²) in [7, 11) is 0. The lowest BCUT2D eigenvalue weighted by atomic mass is 10.0. The Bertz CT molecular complexity index is 1110. The lowest BCUT2D eigenvalue weighted by Gasteiger charge is -2.33. The minimum atomic E-state index is -0.785. The molecule has 3 aromatic rings. The molecule has 152 valence electrons. The maximum absolute atomic E-state index is 13.8. The number of benzene rings is 1. The Kier molecular flexibility index (Phi) is 5.69. The van der Waals surface area contributed by atoms with Gasteiger partial charge in [0.25, 0.3) is 5.56 Å². The third-order valence-electron chi connectivity index (χ3n) is 5.00. The van der Waals surface area contributed by atoms with Crippen molar-refractivity contribution in [3.05, 3.63) is 51.6 Å². The number of aromatic nitrogens is 2. The second-order valence-electron chi connectivity index (χ2n) is 7.02. The van der Waals surface area contributed by atoms with Gasteiger partial charge in [-0.05, 0) is 49.8 Å². The summed E-state index contributed by atoms with van der Waals surface area (Å²) in [4.78, 5) is 32.1. The number of thioether (sulfide) groups is 1. The molecule has 9 heteroatoms. The van der Waals surface area contributed by atoms with Crippen molar-refractivity contribution in [2.24, 2.45) is 0 Å². The van der Waals surface area contributed by atoms with Gasteiger partial charge in [-0.25, -0.2) is 13.8 Å². The molecule has 29 heavy (non-hydrogen) atoms. The van der Waals surface area contributed by atoms with Crippen LogP contribution < -0.4 is 5.56 Å². The van der Waals surface area contributed by atoms with Crippen LogP contribution >= 0.6 is 23.1 Å². The van der Waals surface area contributed by atoms with Crippen molar-refractivity contribution in [2.45, 2.75) is 37.4 Å². The summed E-state index contributed by atoms with van der Waals surface area (Å²) in [6, 6.07) is 4.83. The highest BCUT2D eigenvalue weighted by molar-refractivity contribution is 7.99. The molecular weight excluding hydrogens is 416 g/mol. The molecule has 0 saturated carbocycles. The Morgan fingerprint density at radius 1 is 1.28 bits per heavy atom. The van der Waals surface area contributed by atoms with Crippen molar-refractivity contribution in [1.29, 1.82) is 0 Å². The van der Waals surface area contributed by atoms with Crippen LogP contribution in [-0.4, -0.2) is 38.7 Å². The Morgan fingerprint density at radius 2 is 2.03 bits per heavy atom. The van der Waals surface area contributed by atoms with Crippen LogP contribution in [0.1, 0.15) is 26.2 Å². The first-order chi connectivity index (χ1) is 13.9. The van der Waals surface area contributed by atoms with Crippen molar-refractivity contribution in [1.82, 2.24) is 14.5 Å². The van der Waals surface area contributed by atoms with E-state index < -0.39 is 17.2 Å². The summed E-state index contributed by atoms with van der Waals surface area (Å²) in [5.41, 5.74) is 0.155. The predicted molar refractivity (Wildman–Crippen MR) is 111 cm³/mol. The van der Waals surface area contributed by atoms with Gasteiger partial charge in [0.15, 0.2) is 5.16 Å². The Morgan fingerprint density at radius 3 is 2.76 bits per heavy atom. The number of hydrogen-bond donors (Lipinski definition) is 0. The van der Waals surface area contributed by atoms with Gasteiger partial charge in [0, 0.05) is 18.7 Å². The van der Waals surface area contributed by atoms with E-state index in [1.54, 1.807) is 11.4 Å². The van der Waals surface area contributed by atoms with Crippen LogP contribution in [-0.2, 0) is 4.79 Å². The van der Waals surface area contributed by atoms with E-state index in [0.717, 1.165) is 55.8 Å². The number of nitrogens with zero attached hydrogens (tertiary/aromatic N) is 3. The van der Waals surface area contributed by atoms with E-state index in [4.69, 9.17) is 0 Å². The van der Waals surface area contributed by atoms with Crippen LogP contribution in [0.4, 0.5) is 8.78 Å². The van der Waals surface area contributed by atoms with Crippen LogP contribution in [0.25, 0.3) is 15.9 Å². The number of piperidine rings is 1. The number of carbonyl (C=O) groups is 1. The van der Waals surface area contributed by atoms with Crippen molar-refractivity contribution >= 4 is 39.2 Å². The number of rotatable bonds is 4. The highest BCUT2D eigenvalue weighted by Crippen LogP contribution is 2.26. The van der Waals surface area contributed by atoms with Crippen LogP contribution in [0.15, 0.2) is 39.6 Å². The van der Waals surface area contributed by atoms with Gasteiger partial charge in [-0.1, -0.05) is 11.8 Å². The van der Waals surface area contributed by atoms with Gasteiger partial charge >= 0.3 is 0 Å². The molecular formula is C20H19F2N3O2S2. The topological polar surface area (TPSA) is 55.2 Å². The molecule has 0 N–H and O–H groups in total. The van der Waals surface area contributed by atoms with Gasteiger partial charge in [-0.2, -0.15) is 0 Å². The summed E-state index contributed by atoms with van der Waals surface area (Å²) >= 11 is 2.33. The van der Waals surface area contributed by atoms with E-state index >= 15 is 0 Å². The maximum atomic E-state index is 13.8. The Labute approximate surface area is 174 Å². The minimum absolute atomic E-state index is 0.0289. The normalized spacial score (nSPS) is 17.1. The predicted octanol–water partition coefficient (Wildman–Crippen LogP) is 4.22. The lowest BCUT2D eigenvalue weighted by Crippen LogP contribution is -2.43. The standard InChI is InChI=1S/C20H19F2N3O2S2/c1-12-4-2-3-6-24(12)17(26)11-29-20-23-16-5-7-28-18(16)19(27)25(20)15-9-13(21)8-14(22)10-15/h5,7-10,12H,2-4,6,11H2,1H3/t12-/m1/s1. The summed E-state index contributed by atoms with van der Waals surface area (Å²) in [6.45, 7) is 2.75. The molecule has 0 spiro atoms. The molecule has 0 radical (unpaired) electrons.